The number of esters is 4. The number of carbonyl (C=O) groups excluding carboxylic acids is 4. The van der Waals surface area contributed by atoms with E-state index in [0.717, 1.165) is 27.8 Å². The normalized spacial score (nSPS) is 23.1. The molecule has 1 aliphatic heterocycles. The zero-order valence-electron chi connectivity index (χ0n) is 24.8. The van der Waals surface area contributed by atoms with E-state index in [0.29, 0.717) is 18.4 Å². The molecule has 5 atom stereocenters. The van der Waals surface area contributed by atoms with E-state index in [1.165, 1.54) is 39.8 Å². The fourth-order valence-corrected chi connectivity index (χ4v) is 5.36. The molecule has 1 heterocycles. The molecule has 2 aliphatic rings. The van der Waals surface area contributed by atoms with E-state index in [4.69, 9.17) is 23.7 Å². The van der Waals surface area contributed by atoms with Crippen molar-refractivity contribution in [2.45, 2.75) is 78.0 Å². The van der Waals surface area contributed by atoms with Crippen LogP contribution in [0.4, 0.5) is 4.39 Å². The summed E-state index contributed by atoms with van der Waals surface area (Å²) < 4.78 is 41.6. The molecule has 1 aliphatic carbocycles. The molecular weight excluding hydrogens is 559 g/mol. The van der Waals surface area contributed by atoms with Crippen LogP contribution in [0.1, 0.15) is 62.5 Å². The summed E-state index contributed by atoms with van der Waals surface area (Å²) >= 11 is 0. The predicted molar refractivity (Wildman–Crippen MR) is 153 cm³/mol. The van der Waals surface area contributed by atoms with Crippen LogP contribution >= 0.6 is 0 Å². The van der Waals surface area contributed by atoms with Gasteiger partial charge in [0, 0.05) is 27.7 Å². The zero-order chi connectivity index (χ0) is 31.3. The third-order valence-electron chi connectivity index (χ3n) is 7.26. The third kappa shape index (κ3) is 8.16. The maximum atomic E-state index is 13.4. The van der Waals surface area contributed by atoms with Crippen LogP contribution in [0.3, 0.4) is 0 Å². The highest BCUT2D eigenvalue weighted by Crippen LogP contribution is 2.39. The van der Waals surface area contributed by atoms with Gasteiger partial charge in [-0.05, 0) is 59.7 Å². The SMILES string of the molecule is CC(=O)OC[C@H]1O[C@@H](c2ccc(C)c(CC3=CC=C(c4ccc(F)cc4)C3)c2)[C@H](OC(C)=O)[C@@H](OC(C)=O)[C@@H]1OC(C)=O. The highest BCUT2D eigenvalue weighted by atomic mass is 19.1. The summed E-state index contributed by atoms with van der Waals surface area (Å²) in [4.78, 5) is 48.1. The lowest BCUT2D eigenvalue weighted by Crippen LogP contribution is -2.59. The van der Waals surface area contributed by atoms with Gasteiger partial charge in [-0.3, -0.25) is 19.2 Å². The van der Waals surface area contributed by atoms with E-state index < -0.39 is 54.4 Å². The van der Waals surface area contributed by atoms with Gasteiger partial charge < -0.3 is 23.7 Å². The first-order valence-electron chi connectivity index (χ1n) is 14.0. The Bertz CT molecular complexity index is 1440. The molecule has 0 amide bonds. The van der Waals surface area contributed by atoms with Gasteiger partial charge >= 0.3 is 23.9 Å². The zero-order valence-corrected chi connectivity index (χ0v) is 24.8. The number of ether oxygens (including phenoxy) is 5. The summed E-state index contributed by atoms with van der Waals surface area (Å²) in [5.41, 5.74) is 5.83. The summed E-state index contributed by atoms with van der Waals surface area (Å²) in [6.07, 6.45) is -0.211. The second-order valence-corrected chi connectivity index (χ2v) is 10.7. The van der Waals surface area contributed by atoms with Crippen LogP contribution in [-0.2, 0) is 49.3 Å². The quantitative estimate of drug-likeness (QED) is 0.296. The average molecular weight is 595 g/mol. The second kappa shape index (κ2) is 13.8. The van der Waals surface area contributed by atoms with Crippen LogP contribution in [0.15, 0.2) is 60.2 Å². The minimum atomic E-state index is -1.24. The molecule has 1 saturated heterocycles. The number of benzene rings is 2. The molecule has 2 aromatic rings. The van der Waals surface area contributed by atoms with Crippen molar-refractivity contribution in [3.63, 3.8) is 0 Å². The van der Waals surface area contributed by atoms with Crippen molar-refractivity contribution in [2.24, 2.45) is 0 Å². The van der Waals surface area contributed by atoms with Crippen LogP contribution in [0.5, 0.6) is 0 Å². The van der Waals surface area contributed by atoms with E-state index in [2.05, 4.69) is 6.08 Å². The molecule has 2 aromatic carbocycles. The van der Waals surface area contributed by atoms with Crippen LogP contribution in [0.2, 0.25) is 0 Å². The highest BCUT2D eigenvalue weighted by Gasteiger charge is 2.52. The maximum Gasteiger partial charge on any atom is 0.303 e. The third-order valence-corrected chi connectivity index (χ3v) is 7.26. The monoisotopic (exact) mass is 594 g/mol. The van der Waals surface area contributed by atoms with Crippen molar-refractivity contribution < 1.29 is 47.3 Å². The van der Waals surface area contributed by atoms with Gasteiger partial charge in [-0.2, -0.15) is 0 Å². The molecule has 0 bridgehead atoms. The minimum absolute atomic E-state index is 0.287. The minimum Gasteiger partial charge on any atom is -0.463 e. The molecule has 43 heavy (non-hydrogen) atoms. The van der Waals surface area contributed by atoms with E-state index >= 15 is 0 Å². The number of hydrogen-bond acceptors (Lipinski definition) is 9. The van der Waals surface area contributed by atoms with Crippen molar-refractivity contribution in [2.75, 3.05) is 6.61 Å². The molecule has 1 fully saturated rings. The van der Waals surface area contributed by atoms with Crippen molar-refractivity contribution in [3.8, 4) is 0 Å². The van der Waals surface area contributed by atoms with Gasteiger partial charge in [0.05, 0.1) is 0 Å². The van der Waals surface area contributed by atoms with Gasteiger partial charge in [0.1, 0.15) is 24.6 Å². The fraction of sp³-hybridized carbons (Fsp3) is 0.394. The van der Waals surface area contributed by atoms with Crippen molar-refractivity contribution in [3.05, 3.63) is 88.3 Å². The summed E-state index contributed by atoms with van der Waals surface area (Å²) in [7, 11) is 0. The van der Waals surface area contributed by atoms with Crippen molar-refractivity contribution >= 4 is 29.5 Å². The van der Waals surface area contributed by atoms with Crippen LogP contribution in [-0.4, -0.2) is 54.9 Å². The number of hydrogen-bond donors (Lipinski definition) is 0. The van der Waals surface area contributed by atoms with Gasteiger partial charge in [-0.25, -0.2) is 4.39 Å². The van der Waals surface area contributed by atoms with E-state index in [1.807, 2.05) is 31.2 Å². The smallest absolute Gasteiger partial charge is 0.303 e. The average Bonchev–Trinajstić information content (AvgIpc) is 3.39. The summed E-state index contributed by atoms with van der Waals surface area (Å²) in [6, 6.07) is 12.1. The lowest BCUT2D eigenvalue weighted by molar-refractivity contribution is -0.254. The largest absolute Gasteiger partial charge is 0.463 e. The Hall–Kier alpha value is -4.31. The standard InChI is InChI=1S/C33H35FO9/c1-18-6-8-26(16-27(18)15-23-7-9-25(14-23)24-10-12-28(34)13-11-24)30-32(41-21(4)37)33(42-22(5)38)31(40-20(3)36)29(43-30)17-39-19(2)35/h6-13,16,29-33H,14-15,17H2,1-5H3/t29-,30+,31-,32+,33+/m1/s1. The molecular formula is C33H35FO9. The first kappa shape index (κ1) is 31.6. The molecule has 4 rings (SSSR count). The Kier molecular flexibility index (Phi) is 10.1. The molecule has 0 aromatic heterocycles. The predicted octanol–water partition coefficient (Wildman–Crippen LogP) is 4.89. The Labute approximate surface area is 249 Å². The lowest BCUT2D eigenvalue weighted by atomic mass is 9.88. The summed E-state index contributed by atoms with van der Waals surface area (Å²) in [5.74, 6) is -2.89. The van der Waals surface area contributed by atoms with Gasteiger partial charge in [0.15, 0.2) is 18.3 Å². The number of rotatable bonds is 9. The number of halogens is 1. The van der Waals surface area contributed by atoms with E-state index in [-0.39, 0.29) is 12.4 Å². The van der Waals surface area contributed by atoms with Crippen LogP contribution < -0.4 is 0 Å². The molecule has 0 saturated carbocycles. The summed E-state index contributed by atoms with van der Waals surface area (Å²) in [5, 5.41) is 0. The first-order valence-corrected chi connectivity index (χ1v) is 14.0. The first-order chi connectivity index (χ1) is 20.4. The molecule has 10 heteroatoms. The lowest BCUT2D eigenvalue weighted by Gasteiger charge is -2.44. The van der Waals surface area contributed by atoms with Gasteiger partial charge in [0.2, 0.25) is 0 Å². The Balaban J connectivity index is 1.65. The van der Waals surface area contributed by atoms with E-state index in [9.17, 15) is 23.6 Å². The van der Waals surface area contributed by atoms with E-state index in [1.54, 1.807) is 12.1 Å². The topological polar surface area (TPSA) is 114 Å². The Morgan fingerprint density at radius 3 is 2.07 bits per heavy atom. The van der Waals surface area contributed by atoms with Crippen molar-refractivity contribution in [1.82, 2.24) is 0 Å². The number of aryl methyl sites for hydroxylation is 1. The molecule has 0 N–H and O–H groups in total. The number of carbonyl (C=O) groups is 4. The van der Waals surface area contributed by atoms with Gasteiger partial charge in [0.25, 0.3) is 0 Å². The number of allylic oxidation sites excluding steroid dienone is 4. The molecule has 0 radical (unpaired) electrons. The van der Waals surface area contributed by atoms with Gasteiger partial charge in [-0.1, -0.05) is 48.1 Å². The fourth-order valence-electron chi connectivity index (χ4n) is 5.36. The Morgan fingerprint density at radius 1 is 0.814 bits per heavy atom. The maximum absolute atomic E-state index is 13.4. The molecule has 9 nitrogen and oxygen atoms in total. The van der Waals surface area contributed by atoms with Gasteiger partial charge in [-0.15, -0.1) is 0 Å². The van der Waals surface area contributed by atoms with Crippen LogP contribution in [0.25, 0.3) is 5.57 Å². The van der Waals surface area contributed by atoms with Crippen molar-refractivity contribution in [1.29, 1.82) is 0 Å². The molecule has 0 spiro atoms. The van der Waals surface area contributed by atoms with Crippen LogP contribution in [0, 0.1) is 12.7 Å². The molecule has 0 unspecified atom stereocenters. The molecule has 228 valence electrons. The second-order valence-electron chi connectivity index (χ2n) is 10.7. The highest BCUT2D eigenvalue weighted by molar-refractivity contribution is 5.72. The Morgan fingerprint density at radius 2 is 1.44 bits per heavy atom. The summed E-state index contributed by atoms with van der Waals surface area (Å²) in [6.45, 7) is 6.50.